The molecule has 1 unspecified atom stereocenters. The van der Waals surface area contributed by atoms with Gasteiger partial charge < -0.3 is 24.2 Å². The zero-order valence-corrected chi connectivity index (χ0v) is 15.8. The van der Waals surface area contributed by atoms with E-state index in [2.05, 4.69) is 6.58 Å². The van der Waals surface area contributed by atoms with Crippen molar-refractivity contribution in [2.24, 2.45) is 0 Å². The summed E-state index contributed by atoms with van der Waals surface area (Å²) in [7, 11) is 1.53. The highest BCUT2D eigenvalue weighted by Crippen LogP contribution is 2.40. The maximum atomic E-state index is 12.7. The standard InChI is InChI=1S/C22H19NO6/c1-3-10-27-15-7-4-13(5-8-15)19-18(21(25)22(26)23(19)2)20(24)14-6-9-16-17(11-14)29-12-28-16/h3-9,11,19,24H,1,10,12H2,2H3/b20-18+. The highest BCUT2D eigenvalue weighted by molar-refractivity contribution is 6.46. The first-order chi connectivity index (χ1) is 14.0. The molecule has 2 heterocycles. The van der Waals surface area contributed by atoms with Crippen molar-refractivity contribution in [1.29, 1.82) is 0 Å². The van der Waals surface area contributed by atoms with E-state index in [1.807, 2.05) is 0 Å². The fourth-order valence-corrected chi connectivity index (χ4v) is 3.44. The number of aliphatic hydroxyl groups excluding tert-OH is 1. The maximum Gasteiger partial charge on any atom is 0.295 e. The number of rotatable bonds is 5. The lowest BCUT2D eigenvalue weighted by Gasteiger charge is -2.21. The van der Waals surface area contributed by atoms with Crippen LogP contribution >= 0.6 is 0 Å². The summed E-state index contributed by atoms with van der Waals surface area (Å²) in [6, 6.07) is 11.2. The number of ketones is 1. The van der Waals surface area contributed by atoms with E-state index < -0.39 is 17.7 Å². The molecule has 7 nitrogen and oxygen atoms in total. The smallest absolute Gasteiger partial charge is 0.295 e. The molecule has 0 aromatic heterocycles. The molecule has 148 valence electrons. The third-order valence-corrected chi connectivity index (χ3v) is 4.88. The van der Waals surface area contributed by atoms with Crippen molar-refractivity contribution < 1.29 is 28.9 Å². The van der Waals surface area contributed by atoms with Crippen LogP contribution in [0.1, 0.15) is 17.2 Å². The van der Waals surface area contributed by atoms with E-state index >= 15 is 0 Å². The molecule has 2 aromatic rings. The zero-order valence-electron chi connectivity index (χ0n) is 15.8. The Morgan fingerprint density at radius 2 is 1.93 bits per heavy atom. The van der Waals surface area contributed by atoms with Crippen molar-refractivity contribution >= 4 is 17.4 Å². The second kappa shape index (κ2) is 7.35. The van der Waals surface area contributed by atoms with E-state index in [0.29, 0.717) is 35.0 Å². The number of likely N-dealkylation sites (N-methyl/N-ethyl adjacent to an activating group) is 1. The van der Waals surface area contributed by atoms with Gasteiger partial charge in [-0.15, -0.1) is 0 Å². The molecule has 1 N–H and O–H groups in total. The monoisotopic (exact) mass is 393 g/mol. The van der Waals surface area contributed by atoms with E-state index in [1.165, 1.54) is 11.9 Å². The first-order valence-corrected chi connectivity index (χ1v) is 8.99. The van der Waals surface area contributed by atoms with Gasteiger partial charge in [-0.3, -0.25) is 9.59 Å². The van der Waals surface area contributed by atoms with Crippen LogP contribution in [0.15, 0.2) is 60.7 Å². The normalized spacial score (nSPS) is 19.5. The van der Waals surface area contributed by atoms with E-state index in [4.69, 9.17) is 14.2 Å². The Labute approximate surface area is 167 Å². The molecule has 0 bridgehead atoms. The van der Waals surface area contributed by atoms with E-state index in [1.54, 1.807) is 48.5 Å². The Morgan fingerprint density at radius 1 is 1.21 bits per heavy atom. The van der Waals surface area contributed by atoms with Gasteiger partial charge in [-0.25, -0.2) is 0 Å². The second-order valence-corrected chi connectivity index (χ2v) is 6.65. The van der Waals surface area contributed by atoms with Gasteiger partial charge in [0.15, 0.2) is 11.5 Å². The topological polar surface area (TPSA) is 85.3 Å². The molecule has 2 aliphatic rings. The van der Waals surface area contributed by atoms with Crippen molar-refractivity contribution in [3.8, 4) is 17.2 Å². The summed E-state index contributed by atoms with van der Waals surface area (Å²) in [6.07, 6.45) is 1.64. The van der Waals surface area contributed by atoms with Gasteiger partial charge in [0.25, 0.3) is 11.7 Å². The van der Waals surface area contributed by atoms with Gasteiger partial charge in [0.2, 0.25) is 6.79 Å². The van der Waals surface area contributed by atoms with E-state index in [0.717, 1.165) is 0 Å². The Balaban J connectivity index is 1.75. The van der Waals surface area contributed by atoms with Crippen LogP contribution in [0.5, 0.6) is 17.2 Å². The van der Waals surface area contributed by atoms with Crippen LogP contribution in [0.3, 0.4) is 0 Å². The summed E-state index contributed by atoms with van der Waals surface area (Å²) in [5.41, 5.74) is 1.08. The van der Waals surface area contributed by atoms with Gasteiger partial charge in [0.1, 0.15) is 18.1 Å². The summed E-state index contributed by atoms with van der Waals surface area (Å²) >= 11 is 0. The van der Waals surface area contributed by atoms with Gasteiger partial charge >= 0.3 is 0 Å². The predicted molar refractivity (Wildman–Crippen MR) is 105 cm³/mol. The second-order valence-electron chi connectivity index (χ2n) is 6.65. The van der Waals surface area contributed by atoms with Gasteiger partial charge in [-0.2, -0.15) is 0 Å². The quantitative estimate of drug-likeness (QED) is 0.364. The predicted octanol–water partition coefficient (Wildman–Crippen LogP) is 3.03. The highest BCUT2D eigenvalue weighted by Gasteiger charge is 2.44. The molecular weight excluding hydrogens is 374 g/mol. The average molecular weight is 393 g/mol. The Morgan fingerprint density at radius 3 is 2.66 bits per heavy atom. The molecule has 0 saturated carbocycles. The van der Waals surface area contributed by atoms with Crippen LogP contribution in [0.25, 0.3) is 5.76 Å². The first kappa shape index (κ1) is 18.6. The van der Waals surface area contributed by atoms with Crippen LogP contribution in [0.4, 0.5) is 0 Å². The lowest BCUT2D eigenvalue weighted by molar-refractivity contribution is -0.139. The summed E-state index contributed by atoms with van der Waals surface area (Å²) in [5, 5.41) is 10.9. The van der Waals surface area contributed by atoms with Gasteiger partial charge in [-0.1, -0.05) is 24.8 Å². The number of nitrogens with zero attached hydrogens (tertiary/aromatic N) is 1. The molecular formula is C22H19NO6. The number of fused-ring (bicyclic) bond motifs is 1. The summed E-state index contributed by atoms with van der Waals surface area (Å²) in [5.74, 6) is -0.00593. The molecule has 0 spiro atoms. The molecule has 0 aliphatic carbocycles. The number of carbonyl (C=O) groups excluding carboxylic acids is 2. The van der Waals surface area contributed by atoms with E-state index in [-0.39, 0.29) is 18.1 Å². The van der Waals surface area contributed by atoms with Crippen molar-refractivity contribution in [1.82, 2.24) is 4.90 Å². The lowest BCUT2D eigenvalue weighted by Crippen LogP contribution is -2.24. The maximum absolute atomic E-state index is 12.7. The molecule has 1 fully saturated rings. The molecule has 29 heavy (non-hydrogen) atoms. The van der Waals surface area contributed by atoms with Crippen LogP contribution in [0.2, 0.25) is 0 Å². The summed E-state index contributed by atoms with van der Waals surface area (Å²) in [6.45, 7) is 4.07. The lowest BCUT2D eigenvalue weighted by atomic mass is 9.95. The fraction of sp³-hybridized carbons (Fsp3) is 0.182. The first-order valence-electron chi connectivity index (χ1n) is 8.99. The largest absolute Gasteiger partial charge is 0.507 e. The van der Waals surface area contributed by atoms with Gasteiger partial charge in [0.05, 0.1) is 11.6 Å². The third kappa shape index (κ3) is 3.20. The van der Waals surface area contributed by atoms with Gasteiger partial charge in [-0.05, 0) is 35.9 Å². The number of carbonyl (C=O) groups is 2. The molecule has 2 aliphatic heterocycles. The molecule has 0 radical (unpaired) electrons. The van der Waals surface area contributed by atoms with Crippen molar-refractivity contribution in [3.63, 3.8) is 0 Å². The van der Waals surface area contributed by atoms with Gasteiger partial charge in [0, 0.05) is 12.6 Å². The van der Waals surface area contributed by atoms with Crippen LogP contribution in [0, 0.1) is 0 Å². The number of Topliss-reactive ketones (excluding diaryl/α,β-unsaturated/α-hetero) is 1. The van der Waals surface area contributed by atoms with Crippen molar-refractivity contribution in [3.05, 3.63) is 71.8 Å². The van der Waals surface area contributed by atoms with Crippen LogP contribution in [-0.2, 0) is 9.59 Å². The molecule has 1 saturated heterocycles. The number of benzene rings is 2. The van der Waals surface area contributed by atoms with Crippen molar-refractivity contribution in [2.45, 2.75) is 6.04 Å². The number of hydrogen-bond donors (Lipinski definition) is 1. The molecule has 1 amide bonds. The summed E-state index contributed by atoms with van der Waals surface area (Å²) < 4.78 is 16.1. The molecule has 7 heteroatoms. The Kier molecular flexibility index (Phi) is 4.72. The molecule has 1 atom stereocenters. The number of likely N-dealkylation sites (tertiary alicyclic amines) is 1. The number of aliphatic hydroxyl groups is 1. The minimum absolute atomic E-state index is 0.0242. The minimum atomic E-state index is -0.736. The highest BCUT2D eigenvalue weighted by atomic mass is 16.7. The molecule has 2 aromatic carbocycles. The number of ether oxygens (including phenoxy) is 3. The Hall–Kier alpha value is -3.74. The zero-order chi connectivity index (χ0) is 20.5. The Bertz CT molecular complexity index is 1020. The van der Waals surface area contributed by atoms with Crippen LogP contribution in [-0.4, -0.2) is 42.1 Å². The number of amides is 1. The van der Waals surface area contributed by atoms with Crippen molar-refractivity contribution in [2.75, 3.05) is 20.4 Å². The average Bonchev–Trinajstić information content (AvgIpc) is 3.30. The third-order valence-electron chi connectivity index (χ3n) is 4.88. The number of hydrogen-bond acceptors (Lipinski definition) is 6. The van der Waals surface area contributed by atoms with Crippen LogP contribution < -0.4 is 14.2 Å². The minimum Gasteiger partial charge on any atom is -0.507 e. The molecule has 4 rings (SSSR count). The van der Waals surface area contributed by atoms with E-state index in [9.17, 15) is 14.7 Å². The summed E-state index contributed by atoms with van der Waals surface area (Å²) in [4.78, 5) is 26.4. The SMILES string of the molecule is C=CCOc1ccc(C2/C(=C(\O)c3ccc4c(c3)OCO4)C(=O)C(=O)N2C)cc1. The fourth-order valence-electron chi connectivity index (χ4n) is 3.44.